The minimum atomic E-state index is -4.48. The molecule has 4 aromatic rings. The number of ether oxygens (including phenoxy) is 1. The predicted octanol–water partition coefficient (Wildman–Crippen LogP) is 7.30. The van der Waals surface area contributed by atoms with Crippen LogP contribution in [-0.4, -0.2) is 63.4 Å². The maximum atomic E-state index is 13.7. The van der Waals surface area contributed by atoms with Crippen LogP contribution in [0.3, 0.4) is 0 Å². The van der Waals surface area contributed by atoms with Crippen molar-refractivity contribution < 1.29 is 22.7 Å². The van der Waals surface area contributed by atoms with Gasteiger partial charge in [-0.05, 0) is 77.0 Å². The highest BCUT2D eigenvalue weighted by Crippen LogP contribution is 2.51. The maximum Gasteiger partial charge on any atom is 0.405 e. The second-order valence-corrected chi connectivity index (χ2v) is 11.9. The van der Waals surface area contributed by atoms with Gasteiger partial charge in [0.1, 0.15) is 17.7 Å². The number of fused-ring (bicyclic) bond motifs is 3. The summed E-state index contributed by atoms with van der Waals surface area (Å²) in [5.74, 6) is 0.256. The number of amides is 1. The molecule has 1 saturated heterocycles. The Morgan fingerprint density at radius 3 is 2.07 bits per heavy atom. The topological polar surface area (TPSA) is 44.8 Å². The molecule has 1 N–H and O–H groups in total. The summed E-state index contributed by atoms with van der Waals surface area (Å²) in [5.41, 5.74) is 5.78. The molecule has 1 amide bonds. The highest BCUT2D eigenvalue weighted by Gasteiger charge is 2.49. The molecule has 4 aromatic carbocycles. The third-order valence-corrected chi connectivity index (χ3v) is 9.18. The van der Waals surface area contributed by atoms with Gasteiger partial charge in [-0.2, -0.15) is 13.2 Å². The zero-order valence-electron chi connectivity index (χ0n) is 25.4. The van der Waals surface area contributed by atoms with Gasteiger partial charge in [0, 0.05) is 31.9 Å². The van der Waals surface area contributed by atoms with Gasteiger partial charge >= 0.3 is 6.18 Å². The molecule has 2 aliphatic rings. The fourth-order valence-electron chi connectivity index (χ4n) is 6.91. The zero-order valence-corrected chi connectivity index (χ0v) is 25.4. The van der Waals surface area contributed by atoms with Crippen LogP contribution in [0.15, 0.2) is 97.1 Å². The summed E-state index contributed by atoms with van der Waals surface area (Å²) in [6.07, 6.45) is -2.46. The first-order valence-electron chi connectivity index (χ1n) is 15.5. The Labute approximate surface area is 262 Å². The second-order valence-electron chi connectivity index (χ2n) is 11.9. The van der Waals surface area contributed by atoms with Crippen LogP contribution in [0, 0.1) is 0 Å². The molecule has 0 atom stereocenters. The molecule has 234 valence electrons. The molecule has 1 heterocycles. The molecular formula is C37H38F3N3O2. The summed E-state index contributed by atoms with van der Waals surface area (Å²) in [5, 5.41) is 2.23. The lowest BCUT2D eigenvalue weighted by molar-refractivity contribution is -0.141. The molecule has 6 rings (SSSR count). The Morgan fingerprint density at radius 2 is 1.44 bits per heavy atom. The van der Waals surface area contributed by atoms with Gasteiger partial charge in [-0.1, -0.05) is 79.2 Å². The van der Waals surface area contributed by atoms with Crippen LogP contribution in [0.1, 0.15) is 30.4 Å². The van der Waals surface area contributed by atoms with E-state index in [1.807, 2.05) is 60.7 Å². The average Bonchev–Trinajstić information content (AvgIpc) is 3.36. The molecule has 8 heteroatoms. The molecule has 0 radical (unpaired) electrons. The molecule has 0 aromatic heterocycles. The maximum absolute atomic E-state index is 13.7. The fourth-order valence-corrected chi connectivity index (χ4v) is 6.91. The number of nitrogens with one attached hydrogen (secondary N) is 1. The van der Waals surface area contributed by atoms with Crippen LogP contribution in [0.25, 0.3) is 22.3 Å². The Morgan fingerprint density at radius 1 is 0.800 bits per heavy atom. The van der Waals surface area contributed by atoms with E-state index in [-0.39, 0.29) is 0 Å². The van der Waals surface area contributed by atoms with Gasteiger partial charge in [0.15, 0.2) is 0 Å². The van der Waals surface area contributed by atoms with Crippen LogP contribution in [0.5, 0.6) is 5.75 Å². The molecule has 1 aliphatic carbocycles. The van der Waals surface area contributed by atoms with Gasteiger partial charge in [0.25, 0.3) is 0 Å². The minimum Gasteiger partial charge on any atom is -0.497 e. The van der Waals surface area contributed by atoms with E-state index in [9.17, 15) is 18.0 Å². The fraction of sp³-hybridized carbons (Fsp3) is 0.324. The third-order valence-electron chi connectivity index (χ3n) is 9.18. The van der Waals surface area contributed by atoms with Crippen molar-refractivity contribution in [3.8, 4) is 28.0 Å². The summed E-state index contributed by atoms with van der Waals surface area (Å²) >= 11 is 0. The number of unbranched alkanes of at least 4 members (excludes halogenated alkanes) is 1. The quantitative estimate of drug-likeness (QED) is 0.191. The van der Waals surface area contributed by atoms with Crippen molar-refractivity contribution in [1.29, 1.82) is 0 Å². The molecule has 1 aliphatic heterocycles. The van der Waals surface area contributed by atoms with E-state index in [0.29, 0.717) is 12.8 Å². The molecule has 1 fully saturated rings. The van der Waals surface area contributed by atoms with Crippen LogP contribution in [-0.2, 0) is 10.2 Å². The number of anilines is 1. The van der Waals surface area contributed by atoms with E-state index in [0.717, 1.165) is 72.7 Å². The number of carbonyl (C=O) groups is 1. The van der Waals surface area contributed by atoms with Crippen molar-refractivity contribution in [2.24, 2.45) is 0 Å². The first kappa shape index (κ1) is 30.7. The summed E-state index contributed by atoms with van der Waals surface area (Å²) in [4.78, 5) is 18.6. The zero-order chi connectivity index (χ0) is 31.4. The summed E-state index contributed by atoms with van der Waals surface area (Å²) in [6, 6.07) is 32.0. The van der Waals surface area contributed by atoms with Crippen molar-refractivity contribution in [2.75, 3.05) is 51.3 Å². The Bertz CT molecular complexity index is 1580. The number of nitrogens with zero attached hydrogens (tertiary/aromatic N) is 2. The van der Waals surface area contributed by atoms with Crippen LogP contribution in [0.2, 0.25) is 0 Å². The number of benzene rings is 4. The van der Waals surface area contributed by atoms with Gasteiger partial charge in [0.05, 0.1) is 7.11 Å². The second kappa shape index (κ2) is 13.0. The molecule has 45 heavy (non-hydrogen) atoms. The number of alkyl halides is 3. The number of methoxy groups -OCH3 is 1. The lowest BCUT2D eigenvalue weighted by Crippen LogP contribution is -2.47. The van der Waals surface area contributed by atoms with Gasteiger partial charge in [-0.3, -0.25) is 9.69 Å². The molecule has 0 bridgehead atoms. The summed E-state index contributed by atoms with van der Waals surface area (Å²) < 4.78 is 44.8. The highest BCUT2D eigenvalue weighted by atomic mass is 19.4. The Kier molecular flexibility index (Phi) is 8.85. The SMILES string of the molecule is COc1ccc(-c2cccc(N3CCN(CCCCC4(C(=O)NCC(F)(F)F)c5ccccc5-c5ccccc54)CC3)c2)cc1. The van der Waals surface area contributed by atoms with Gasteiger partial charge in [0.2, 0.25) is 5.91 Å². The van der Waals surface area contributed by atoms with E-state index < -0.39 is 24.0 Å². The van der Waals surface area contributed by atoms with Crippen LogP contribution in [0.4, 0.5) is 18.9 Å². The minimum absolute atomic E-state index is 0.447. The van der Waals surface area contributed by atoms with Crippen LogP contribution < -0.4 is 15.0 Å². The van der Waals surface area contributed by atoms with E-state index in [4.69, 9.17) is 4.74 Å². The largest absolute Gasteiger partial charge is 0.497 e. The molecule has 0 spiro atoms. The van der Waals surface area contributed by atoms with Crippen molar-refractivity contribution >= 4 is 11.6 Å². The summed E-state index contributed by atoms with van der Waals surface area (Å²) in [7, 11) is 1.67. The van der Waals surface area contributed by atoms with E-state index in [2.05, 4.69) is 51.5 Å². The predicted molar refractivity (Wildman–Crippen MR) is 173 cm³/mol. The van der Waals surface area contributed by atoms with Gasteiger partial charge < -0.3 is 15.0 Å². The average molecular weight is 614 g/mol. The molecule has 0 saturated carbocycles. The summed E-state index contributed by atoms with van der Waals surface area (Å²) in [6.45, 7) is 3.22. The lowest BCUT2D eigenvalue weighted by atomic mass is 9.73. The number of piperazine rings is 1. The number of carbonyl (C=O) groups excluding carboxylic acids is 1. The van der Waals surface area contributed by atoms with Crippen LogP contribution >= 0.6 is 0 Å². The molecule has 0 unspecified atom stereocenters. The molecule has 5 nitrogen and oxygen atoms in total. The van der Waals surface area contributed by atoms with Crippen molar-refractivity contribution in [3.63, 3.8) is 0 Å². The van der Waals surface area contributed by atoms with Crippen molar-refractivity contribution in [1.82, 2.24) is 10.2 Å². The first-order valence-corrected chi connectivity index (χ1v) is 15.5. The first-order chi connectivity index (χ1) is 21.8. The number of rotatable bonds is 10. The van der Waals surface area contributed by atoms with E-state index in [1.54, 1.807) is 7.11 Å². The normalized spacial score (nSPS) is 15.8. The standard InChI is InChI=1S/C37H38F3N3O2/c1-45-30-17-15-27(16-18-30)28-9-8-10-29(25-28)43-23-21-42(22-24-43)20-7-6-19-36(35(44)41-26-37(38,39)40)33-13-4-2-11-31(33)32-12-3-5-14-34(32)36/h2-5,8-18,25H,6-7,19-24,26H2,1H3,(H,41,44). The third kappa shape index (κ3) is 6.43. The number of hydrogen-bond donors (Lipinski definition) is 1. The smallest absolute Gasteiger partial charge is 0.405 e. The van der Waals surface area contributed by atoms with E-state index in [1.165, 1.54) is 11.3 Å². The Hall–Kier alpha value is -4.30. The number of halogens is 3. The highest BCUT2D eigenvalue weighted by molar-refractivity contribution is 6.00. The van der Waals surface area contributed by atoms with Gasteiger partial charge in [-0.15, -0.1) is 0 Å². The van der Waals surface area contributed by atoms with Gasteiger partial charge in [-0.25, -0.2) is 0 Å². The monoisotopic (exact) mass is 613 g/mol. The van der Waals surface area contributed by atoms with E-state index >= 15 is 0 Å². The lowest BCUT2D eigenvalue weighted by Gasteiger charge is -2.36. The Balaban J connectivity index is 1.09. The molecular weight excluding hydrogens is 575 g/mol. The number of hydrogen-bond acceptors (Lipinski definition) is 4. The van der Waals surface area contributed by atoms with Crippen molar-refractivity contribution in [3.05, 3.63) is 108 Å². The van der Waals surface area contributed by atoms with Crippen molar-refractivity contribution in [2.45, 2.75) is 30.9 Å².